The van der Waals surface area contributed by atoms with Gasteiger partial charge in [0.15, 0.2) is 11.5 Å². The van der Waals surface area contributed by atoms with E-state index in [0.29, 0.717) is 42.4 Å². The summed E-state index contributed by atoms with van der Waals surface area (Å²) in [6, 6.07) is 17.0. The maximum atomic E-state index is 12.3. The standard InChI is InChI=1S/C32H38N4O6/c1-22(26-9-4-23(19-33)5-10-26)35(20-24-6-11-27(12-7-24)31(38)39)21-25-8-13-28(29(18-25)41-3)42-17-16-36-30(37)14-15-34(2)32(36)40/h4-5,8-10,13-15,18,22,24,27H,6-7,11-12,16-17,20-21H2,1-3H3,(H,38,39). The first-order valence-electron chi connectivity index (χ1n) is 14.2. The van der Waals surface area contributed by atoms with Crippen molar-refractivity contribution in [1.82, 2.24) is 14.0 Å². The van der Waals surface area contributed by atoms with E-state index in [4.69, 9.17) is 9.47 Å². The van der Waals surface area contributed by atoms with Gasteiger partial charge in [0.25, 0.3) is 5.56 Å². The largest absolute Gasteiger partial charge is 0.493 e. The summed E-state index contributed by atoms with van der Waals surface area (Å²) in [6.07, 6.45) is 4.57. The van der Waals surface area contributed by atoms with Gasteiger partial charge in [-0.15, -0.1) is 0 Å². The fourth-order valence-corrected chi connectivity index (χ4v) is 5.56. The molecule has 222 valence electrons. The molecule has 1 atom stereocenters. The van der Waals surface area contributed by atoms with Gasteiger partial charge in [0.2, 0.25) is 0 Å². The molecule has 0 amide bonds. The first kappa shape index (κ1) is 30.6. The van der Waals surface area contributed by atoms with Crippen LogP contribution in [0.3, 0.4) is 0 Å². The Morgan fingerprint density at radius 3 is 2.45 bits per heavy atom. The van der Waals surface area contributed by atoms with Crippen LogP contribution in [0.4, 0.5) is 0 Å². The van der Waals surface area contributed by atoms with Gasteiger partial charge in [-0.05, 0) is 73.9 Å². The number of benzene rings is 2. The van der Waals surface area contributed by atoms with Crippen LogP contribution in [0.5, 0.6) is 11.5 Å². The van der Waals surface area contributed by atoms with Crippen molar-refractivity contribution in [3.63, 3.8) is 0 Å². The second kappa shape index (κ2) is 14.0. The molecule has 0 bridgehead atoms. The maximum absolute atomic E-state index is 12.3. The molecule has 1 aliphatic rings. The number of carboxylic acids is 1. The second-order valence-corrected chi connectivity index (χ2v) is 10.9. The molecule has 0 spiro atoms. The van der Waals surface area contributed by atoms with E-state index in [0.717, 1.165) is 35.1 Å². The van der Waals surface area contributed by atoms with Crippen LogP contribution < -0.4 is 20.7 Å². The number of carbonyl (C=O) groups is 1. The summed E-state index contributed by atoms with van der Waals surface area (Å²) in [4.78, 5) is 38.2. The van der Waals surface area contributed by atoms with Gasteiger partial charge in [0.1, 0.15) is 6.61 Å². The number of hydrogen-bond acceptors (Lipinski definition) is 7. The lowest BCUT2D eigenvalue weighted by Crippen LogP contribution is -2.39. The third kappa shape index (κ3) is 7.47. The van der Waals surface area contributed by atoms with Crippen LogP contribution in [0.2, 0.25) is 0 Å². The molecule has 1 heterocycles. The average molecular weight is 575 g/mol. The predicted octanol–water partition coefficient (Wildman–Crippen LogP) is 3.96. The summed E-state index contributed by atoms with van der Waals surface area (Å²) in [5.74, 6) is 0.490. The van der Waals surface area contributed by atoms with Crippen LogP contribution in [0.25, 0.3) is 0 Å². The number of methoxy groups -OCH3 is 1. The molecule has 1 N–H and O–H groups in total. The van der Waals surface area contributed by atoms with Gasteiger partial charge >= 0.3 is 11.7 Å². The molecule has 42 heavy (non-hydrogen) atoms. The van der Waals surface area contributed by atoms with Crippen molar-refractivity contribution in [2.45, 2.75) is 51.7 Å². The fourth-order valence-electron chi connectivity index (χ4n) is 5.56. The Morgan fingerprint density at radius 2 is 1.81 bits per heavy atom. The quantitative estimate of drug-likeness (QED) is 0.345. The summed E-state index contributed by atoms with van der Waals surface area (Å²) in [7, 11) is 3.16. The molecule has 10 nitrogen and oxygen atoms in total. The molecule has 1 fully saturated rings. The zero-order valence-corrected chi connectivity index (χ0v) is 24.4. The Hall–Kier alpha value is -4.36. The van der Waals surface area contributed by atoms with Crippen molar-refractivity contribution in [2.24, 2.45) is 18.9 Å². The number of aliphatic carboxylic acids is 1. The lowest BCUT2D eigenvalue weighted by atomic mass is 9.81. The SMILES string of the molecule is COc1cc(CN(CC2CCC(C(=O)O)CC2)C(C)c2ccc(C#N)cc2)ccc1OCCn1c(=O)ccn(C)c1=O. The van der Waals surface area contributed by atoms with Crippen molar-refractivity contribution in [1.29, 1.82) is 5.26 Å². The van der Waals surface area contributed by atoms with Crippen LogP contribution in [-0.2, 0) is 24.9 Å². The predicted molar refractivity (Wildman–Crippen MR) is 157 cm³/mol. The lowest BCUT2D eigenvalue weighted by Gasteiger charge is -2.35. The van der Waals surface area contributed by atoms with Crippen LogP contribution in [0, 0.1) is 23.2 Å². The van der Waals surface area contributed by atoms with E-state index >= 15 is 0 Å². The van der Waals surface area contributed by atoms with Gasteiger partial charge in [0.05, 0.1) is 31.2 Å². The molecule has 1 saturated carbocycles. The van der Waals surface area contributed by atoms with Crippen molar-refractivity contribution in [3.05, 3.63) is 92.3 Å². The lowest BCUT2D eigenvalue weighted by molar-refractivity contribution is -0.143. The molecule has 1 aliphatic carbocycles. The molecule has 10 heteroatoms. The molecule has 4 rings (SSSR count). The molecule has 0 saturated heterocycles. The van der Waals surface area contributed by atoms with Gasteiger partial charge in [-0.2, -0.15) is 5.26 Å². The van der Waals surface area contributed by atoms with Crippen LogP contribution in [0.1, 0.15) is 55.3 Å². The van der Waals surface area contributed by atoms with E-state index < -0.39 is 11.7 Å². The van der Waals surface area contributed by atoms with Crippen molar-refractivity contribution < 1.29 is 19.4 Å². The van der Waals surface area contributed by atoms with E-state index in [1.54, 1.807) is 14.2 Å². The smallest absolute Gasteiger partial charge is 0.330 e. The van der Waals surface area contributed by atoms with Crippen LogP contribution in [0.15, 0.2) is 64.3 Å². The minimum absolute atomic E-state index is 0.0589. The Kier molecular flexibility index (Phi) is 10.2. The average Bonchev–Trinajstić information content (AvgIpc) is 3.00. The van der Waals surface area contributed by atoms with Crippen molar-refractivity contribution in [3.8, 4) is 17.6 Å². The topological polar surface area (TPSA) is 127 Å². The van der Waals surface area contributed by atoms with E-state index in [1.807, 2.05) is 42.5 Å². The molecule has 0 aliphatic heterocycles. The van der Waals surface area contributed by atoms with E-state index in [-0.39, 0.29) is 30.7 Å². The van der Waals surface area contributed by atoms with Crippen molar-refractivity contribution in [2.75, 3.05) is 20.3 Å². The number of nitrogens with zero attached hydrogens (tertiary/aromatic N) is 4. The highest BCUT2D eigenvalue weighted by atomic mass is 16.5. The third-order valence-electron chi connectivity index (χ3n) is 8.18. The molecule has 1 unspecified atom stereocenters. The van der Waals surface area contributed by atoms with Crippen LogP contribution >= 0.6 is 0 Å². The number of rotatable bonds is 12. The summed E-state index contributed by atoms with van der Waals surface area (Å²) in [6.45, 7) is 3.82. The Labute approximate surface area is 245 Å². The van der Waals surface area contributed by atoms with Crippen molar-refractivity contribution >= 4 is 5.97 Å². The third-order valence-corrected chi connectivity index (χ3v) is 8.18. The number of nitriles is 1. The molecule has 3 aromatic rings. The summed E-state index contributed by atoms with van der Waals surface area (Å²) < 4.78 is 14.0. The van der Waals surface area contributed by atoms with Gasteiger partial charge in [-0.1, -0.05) is 18.2 Å². The Balaban J connectivity index is 1.49. The van der Waals surface area contributed by atoms with Gasteiger partial charge < -0.3 is 19.1 Å². The zero-order valence-electron chi connectivity index (χ0n) is 24.4. The molecule has 1 aromatic heterocycles. The summed E-state index contributed by atoms with van der Waals surface area (Å²) in [5, 5.41) is 18.6. The normalized spacial score (nSPS) is 17.4. The number of aromatic nitrogens is 2. The Bertz CT molecular complexity index is 1530. The van der Waals surface area contributed by atoms with E-state index in [1.165, 1.54) is 16.8 Å². The summed E-state index contributed by atoms with van der Waals surface area (Å²) >= 11 is 0. The maximum Gasteiger partial charge on any atom is 0.330 e. The number of hydrogen-bond donors (Lipinski definition) is 1. The minimum Gasteiger partial charge on any atom is -0.493 e. The van der Waals surface area contributed by atoms with E-state index in [2.05, 4.69) is 17.9 Å². The summed E-state index contributed by atoms with van der Waals surface area (Å²) in [5.41, 5.74) is 1.95. The number of ether oxygens (including phenoxy) is 2. The molecule has 0 radical (unpaired) electrons. The van der Waals surface area contributed by atoms with Gasteiger partial charge in [-0.25, -0.2) is 4.79 Å². The molecular formula is C32H38N4O6. The second-order valence-electron chi connectivity index (χ2n) is 10.9. The highest BCUT2D eigenvalue weighted by Crippen LogP contribution is 2.34. The first-order chi connectivity index (χ1) is 20.2. The number of carboxylic acid groups (broad SMARTS) is 1. The fraction of sp³-hybridized carbons (Fsp3) is 0.438. The molecular weight excluding hydrogens is 536 g/mol. The first-order valence-corrected chi connectivity index (χ1v) is 14.2. The zero-order chi connectivity index (χ0) is 30.2. The highest BCUT2D eigenvalue weighted by molar-refractivity contribution is 5.70. The minimum atomic E-state index is -0.705. The van der Waals surface area contributed by atoms with Crippen LogP contribution in [-0.4, -0.2) is 45.4 Å². The van der Waals surface area contributed by atoms with E-state index in [9.17, 15) is 24.8 Å². The van der Waals surface area contributed by atoms with Gasteiger partial charge in [0, 0.05) is 38.4 Å². The molecule has 2 aromatic carbocycles. The highest BCUT2D eigenvalue weighted by Gasteiger charge is 2.28. The Morgan fingerprint density at radius 1 is 1.10 bits per heavy atom. The van der Waals surface area contributed by atoms with Gasteiger partial charge in [-0.3, -0.25) is 19.1 Å². The monoisotopic (exact) mass is 574 g/mol. The number of aryl methyl sites for hydroxylation is 1.